The van der Waals surface area contributed by atoms with E-state index in [9.17, 15) is 14.4 Å². The summed E-state index contributed by atoms with van der Waals surface area (Å²) < 4.78 is 11.1. The first kappa shape index (κ1) is 17.9. The van der Waals surface area contributed by atoms with Gasteiger partial charge in [0.2, 0.25) is 11.8 Å². The van der Waals surface area contributed by atoms with Gasteiger partial charge in [-0.1, -0.05) is 0 Å². The summed E-state index contributed by atoms with van der Waals surface area (Å²) in [5.74, 6) is -0.483. The SMILES string of the molecule is C[C@@H]1CN2c3ncc(-c4ccoc4)cc3CC3(C(=O)NC(=O)NC3=O)[C@H]2[C@H](C)O1. The molecule has 2 aromatic heterocycles. The molecule has 2 N–H and O–H groups in total. The van der Waals surface area contributed by atoms with Crippen molar-refractivity contribution in [1.82, 2.24) is 15.6 Å². The van der Waals surface area contributed by atoms with E-state index in [-0.39, 0.29) is 12.5 Å². The highest BCUT2D eigenvalue weighted by molar-refractivity contribution is 6.20. The molecule has 4 amide bonds. The molecular formula is C20H20N4O5. The van der Waals surface area contributed by atoms with Crippen LogP contribution in [0.1, 0.15) is 19.4 Å². The van der Waals surface area contributed by atoms with Crippen LogP contribution in [0.25, 0.3) is 11.1 Å². The molecule has 1 spiro atoms. The number of ether oxygens (including phenoxy) is 1. The minimum Gasteiger partial charge on any atom is -0.472 e. The maximum absolute atomic E-state index is 13.1. The monoisotopic (exact) mass is 396 g/mol. The highest BCUT2D eigenvalue weighted by atomic mass is 16.5. The fourth-order valence-corrected chi connectivity index (χ4v) is 4.89. The number of barbiturate groups is 1. The van der Waals surface area contributed by atoms with Crippen molar-refractivity contribution in [1.29, 1.82) is 0 Å². The third kappa shape index (κ3) is 2.50. The Morgan fingerprint density at radius 2 is 1.93 bits per heavy atom. The predicted molar refractivity (Wildman–Crippen MR) is 101 cm³/mol. The summed E-state index contributed by atoms with van der Waals surface area (Å²) in [6.07, 6.45) is 4.56. The van der Waals surface area contributed by atoms with Gasteiger partial charge in [0, 0.05) is 30.3 Å². The fourth-order valence-electron chi connectivity index (χ4n) is 4.89. The topological polar surface area (TPSA) is 114 Å². The first-order valence-corrected chi connectivity index (χ1v) is 9.50. The molecule has 0 aromatic carbocycles. The maximum atomic E-state index is 13.1. The minimum absolute atomic E-state index is 0.101. The molecule has 9 heteroatoms. The summed E-state index contributed by atoms with van der Waals surface area (Å²) in [5.41, 5.74) is 0.957. The fraction of sp³-hybridized carbons (Fsp3) is 0.400. The summed E-state index contributed by atoms with van der Waals surface area (Å²) in [5, 5.41) is 4.56. The second-order valence-corrected chi connectivity index (χ2v) is 7.85. The van der Waals surface area contributed by atoms with Crippen LogP contribution in [0.5, 0.6) is 0 Å². The van der Waals surface area contributed by atoms with Crippen molar-refractivity contribution < 1.29 is 23.5 Å². The number of aromatic nitrogens is 1. The summed E-state index contributed by atoms with van der Waals surface area (Å²) in [4.78, 5) is 44.5. The maximum Gasteiger partial charge on any atom is 0.328 e. The number of hydrogen-bond acceptors (Lipinski definition) is 7. The number of fused-ring (bicyclic) bond motifs is 4. The highest BCUT2D eigenvalue weighted by Gasteiger charge is 2.63. The molecule has 9 nitrogen and oxygen atoms in total. The number of nitrogens with one attached hydrogen (secondary N) is 2. The third-order valence-corrected chi connectivity index (χ3v) is 5.99. The molecule has 3 aliphatic heterocycles. The number of furan rings is 1. The van der Waals surface area contributed by atoms with Gasteiger partial charge in [-0.25, -0.2) is 9.78 Å². The van der Waals surface area contributed by atoms with Gasteiger partial charge in [-0.2, -0.15) is 0 Å². The summed E-state index contributed by atoms with van der Waals surface area (Å²) in [6, 6.07) is 2.37. The molecule has 3 atom stereocenters. The number of morpholine rings is 1. The van der Waals surface area contributed by atoms with Gasteiger partial charge >= 0.3 is 6.03 Å². The number of carbonyl (C=O) groups is 3. The summed E-state index contributed by atoms with van der Waals surface area (Å²) in [6.45, 7) is 4.27. The lowest BCUT2D eigenvalue weighted by molar-refractivity contribution is -0.153. The van der Waals surface area contributed by atoms with Gasteiger partial charge < -0.3 is 14.1 Å². The molecule has 0 radical (unpaired) electrons. The zero-order chi connectivity index (χ0) is 20.3. The van der Waals surface area contributed by atoms with E-state index in [2.05, 4.69) is 15.6 Å². The molecule has 0 unspecified atom stereocenters. The third-order valence-electron chi connectivity index (χ3n) is 5.99. The van der Waals surface area contributed by atoms with Crippen LogP contribution in [0.4, 0.5) is 10.6 Å². The Morgan fingerprint density at radius 3 is 2.62 bits per heavy atom. The Labute approximate surface area is 166 Å². The Hall–Kier alpha value is -3.20. The van der Waals surface area contributed by atoms with E-state index in [4.69, 9.17) is 9.15 Å². The molecule has 5 heterocycles. The molecule has 29 heavy (non-hydrogen) atoms. The molecule has 0 bridgehead atoms. The van der Waals surface area contributed by atoms with Crippen molar-refractivity contribution >= 4 is 23.7 Å². The molecule has 0 aliphatic carbocycles. The largest absolute Gasteiger partial charge is 0.472 e. The molecule has 2 aromatic rings. The van der Waals surface area contributed by atoms with Gasteiger partial charge in [-0.05, 0) is 31.5 Å². The molecule has 2 saturated heterocycles. The Kier molecular flexibility index (Phi) is 3.79. The van der Waals surface area contributed by atoms with E-state index in [1.54, 1.807) is 18.7 Å². The zero-order valence-corrected chi connectivity index (χ0v) is 16.0. The number of pyridine rings is 1. The van der Waals surface area contributed by atoms with Gasteiger partial charge in [-0.3, -0.25) is 20.2 Å². The van der Waals surface area contributed by atoms with Crippen LogP contribution in [-0.2, 0) is 20.7 Å². The molecule has 3 aliphatic rings. The quantitative estimate of drug-likeness (QED) is 0.697. The molecular weight excluding hydrogens is 376 g/mol. The van der Waals surface area contributed by atoms with E-state index in [0.29, 0.717) is 6.54 Å². The Bertz CT molecular complexity index is 998. The molecule has 5 rings (SSSR count). The van der Waals surface area contributed by atoms with Crippen molar-refractivity contribution in [3.63, 3.8) is 0 Å². The lowest BCUT2D eigenvalue weighted by atomic mass is 9.67. The first-order valence-electron chi connectivity index (χ1n) is 9.50. The number of imide groups is 2. The van der Waals surface area contributed by atoms with E-state index in [1.165, 1.54) is 0 Å². The van der Waals surface area contributed by atoms with Crippen molar-refractivity contribution in [3.05, 3.63) is 36.4 Å². The van der Waals surface area contributed by atoms with Crippen LogP contribution in [0.2, 0.25) is 0 Å². The van der Waals surface area contributed by atoms with Crippen LogP contribution >= 0.6 is 0 Å². The van der Waals surface area contributed by atoms with Crippen molar-refractivity contribution in [2.75, 3.05) is 11.4 Å². The number of hydrogen-bond donors (Lipinski definition) is 2. The van der Waals surface area contributed by atoms with Gasteiger partial charge in [-0.15, -0.1) is 0 Å². The number of amides is 4. The number of carbonyl (C=O) groups excluding carboxylic acids is 3. The van der Waals surface area contributed by atoms with Crippen LogP contribution in [0, 0.1) is 5.41 Å². The van der Waals surface area contributed by atoms with E-state index in [0.717, 1.165) is 22.5 Å². The number of rotatable bonds is 1. The van der Waals surface area contributed by atoms with Gasteiger partial charge in [0.25, 0.3) is 0 Å². The zero-order valence-electron chi connectivity index (χ0n) is 16.0. The lowest BCUT2D eigenvalue weighted by Crippen LogP contribution is -2.75. The van der Waals surface area contributed by atoms with Crippen molar-refractivity contribution in [2.24, 2.45) is 5.41 Å². The molecule has 150 valence electrons. The molecule has 0 saturated carbocycles. The summed E-state index contributed by atoms with van der Waals surface area (Å²) >= 11 is 0. The van der Waals surface area contributed by atoms with E-state index >= 15 is 0 Å². The normalized spacial score (nSPS) is 27.9. The van der Waals surface area contributed by atoms with Gasteiger partial charge in [0.05, 0.1) is 30.8 Å². The van der Waals surface area contributed by atoms with E-state index in [1.807, 2.05) is 30.9 Å². The average Bonchev–Trinajstić information content (AvgIpc) is 3.20. The van der Waals surface area contributed by atoms with Crippen molar-refractivity contribution in [2.45, 2.75) is 38.5 Å². The van der Waals surface area contributed by atoms with Crippen molar-refractivity contribution in [3.8, 4) is 11.1 Å². The smallest absolute Gasteiger partial charge is 0.328 e. The van der Waals surface area contributed by atoms with E-state index < -0.39 is 35.4 Å². The van der Waals surface area contributed by atoms with Gasteiger partial charge in [0.15, 0.2) is 5.41 Å². The average molecular weight is 396 g/mol. The Morgan fingerprint density at radius 1 is 1.17 bits per heavy atom. The molecule has 2 fully saturated rings. The number of nitrogens with zero attached hydrogens (tertiary/aromatic N) is 2. The Balaban J connectivity index is 1.69. The number of urea groups is 1. The second kappa shape index (κ2) is 6.15. The van der Waals surface area contributed by atoms with Crippen LogP contribution in [0.3, 0.4) is 0 Å². The van der Waals surface area contributed by atoms with Gasteiger partial charge in [0.1, 0.15) is 5.82 Å². The van der Waals surface area contributed by atoms with Crippen LogP contribution in [0.15, 0.2) is 35.3 Å². The summed E-state index contributed by atoms with van der Waals surface area (Å²) in [7, 11) is 0. The first-order chi connectivity index (χ1) is 13.9. The van der Waals surface area contributed by atoms with Crippen LogP contribution in [-0.4, -0.2) is 47.6 Å². The standard InChI is InChI=1S/C20H20N4O5/c1-10-8-24-15(11(2)29-10)20(17(25)22-19(27)23-18(20)26)6-13-5-14(7-21-16(13)24)12-3-4-28-9-12/h3-5,7,9-11,15H,6,8H2,1-2H3,(H2,22,23,25,26,27)/t10-,11+,15-/m1/s1. The number of anilines is 1. The minimum atomic E-state index is -1.49. The van der Waals surface area contributed by atoms with Crippen LogP contribution < -0.4 is 15.5 Å². The predicted octanol–water partition coefficient (Wildman–Crippen LogP) is 1.23. The lowest BCUT2D eigenvalue weighted by Gasteiger charge is -2.54. The highest BCUT2D eigenvalue weighted by Crippen LogP contribution is 2.46. The second-order valence-electron chi connectivity index (χ2n) is 7.85.